The highest BCUT2D eigenvalue weighted by Crippen LogP contribution is 2.00. The molecule has 0 rings (SSSR count). The Labute approximate surface area is 56.3 Å². The van der Waals surface area contributed by atoms with Gasteiger partial charge in [-0.3, -0.25) is 4.79 Å². The van der Waals surface area contributed by atoms with Crippen molar-refractivity contribution in [3.63, 3.8) is 0 Å². The van der Waals surface area contributed by atoms with Crippen LogP contribution in [0.25, 0.3) is 0 Å². The van der Waals surface area contributed by atoms with Crippen LogP contribution < -0.4 is 5.73 Å². The maximum atomic E-state index is 10.2. The second-order valence-electron chi connectivity index (χ2n) is 2.87. The minimum Gasteiger partial charge on any atom is -0.408 e. The van der Waals surface area contributed by atoms with Gasteiger partial charge in [-0.1, -0.05) is 0 Å². The van der Waals surface area contributed by atoms with Crippen LogP contribution in [0.15, 0.2) is 0 Å². The smallest absolute Gasteiger partial charge is 0.242 e. The molecule has 0 spiro atoms. The number of hydrogen-bond acceptors (Lipinski definition) is 2. The number of carbonyl (C=O) groups excluding carboxylic acids is 1. The number of nitrogens with two attached hydrogens (primary N) is 1. The van der Waals surface area contributed by atoms with Crippen molar-refractivity contribution >= 4 is 14.2 Å². The van der Waals surface area contributed by atoms with Gasteiger partial charge in [0.2, 0.25) is 5.91 Å². The second-order valence-corrected chi connectivity index (χ2v) is 7.38. The molecule has 3 nitrogen and oxygen atoms in total. The number of hydrogen-bond donors (Lipinski definition) is 1. The van der Waals surface area contributed by atoms with Crippen LogP contribution in [0, 0.1) is 0 Å². The van der Waals surface area contributed by atoms with E-state index in [0.29, 0.717) is 0 Å². The molecule has 0 atom stereocenters. The third-order valence-electron chi connectivity index (χ3n) is 0.647. The molecule has 0 saturated heterocycles. The molecule has 0 aliphatic rings. The van der Waals surface area contributed by atoms with Crippen LogP contribution in [-0.4, -0.2) is 20.8 Å². The summed E-state index contributed by atoms with van der Waals surface area (Å²) in [6.45, 7) is 6.09. The first-order valence-corrected chi connectivity index (χ1v) is 6.25. The zero-order chi connectivity index (χ0) is 7.49. The molecule has 4 heteroatoms. The zero-order valence-electron chi connectivity index (χ0n) is 6.10. The molecule has 0 fully saturated rings. The van der Waals surface area contributed by atoms with Crippen molar-refractivity contribution in [3.8, 4) is 0 Å². The van der Waals surface area contributed by atoms with E-state index in [1.54, 1.807) is 0 Å². The quantitative estimate of drug-likeness (QED) is 0.585. The van der Waals surface area contributed by atoms with Gasteiger partial charge in [0.25, 0.3) is 0 Å². The lowest BCUT2D eigenvalue weighted by molar-refractivity contribution is -0.120. The molecule has 0 heterocycles. The topological polar surface area (TPSA) is 52.3 Å². The summed E-state index contributed by atoms with van der Waals surface area (Å²) in [5, 5.41) is 0. The first-order valence-electron chi connectivity index (χ1n) is 2.84. The van der Waals surface area contributed by atoms with Gasteiger partial charge in [-0.05, 0) is 19.6 Å². The van der Waals surface area contributed by atoms with E-state index >= 15 is 0 Å². The fourth-order valence-electron chi connectivity index (χ4n) is 0.288. The van der Waals surface area contributed by atoms with E-state index in [4.69, 9.17) is 10.2 Å². The van der Waals surface area contributed by atoms with Crippen molar-refractivity contribution in [1.29, 1.82) is 0 Å². The number of amides is 1. The summed E-state index contributed by atoms with van der Waals surface area (Å²) < 4.78 is 5.16. The van der Waals surface area contributed by atoms with E-state index in [1.165, 1.54) is 0 Å². The SMILES string of the molecule is C[Si](C)(C)OCC(N)=O. The van der Waals surface area contributed by atoms with Crippen LogP contribution in [0.5, 0.6) is 0 Å². The molecule has 0 aromatic rings. The summed E-state index contributed by atoms with van der Waals surface area (Å²) in [6.07, 6.45) is 0. The Morgan fingerprint density at radius 3 is 2.11 bits per heavy atom. The fourth-order valence-corrected chi connectivity index (χ4v) is 0.863. The molecule has 0 radical (unpaired) electrons. The Morgan fingerprint density at radius 1 is 1.56 bits per heavy atom. The van der Waals surface area contributed by atoms with Gasteiger partial charge in [-0.2, -0.15) is 0 Å². The van der Waals surface area contributed by atoms with Crippen molar-refractivity contribution in [2.75, 3.05) is 6.61 Å². The summed E-state index contributed by atoms with van der Waals surface area (Å²) >= 11 is 0. The Morgan fingerprint density at radius 2 is 2.00 bits per heavy atom. The van der Waals surface area contributed by atoms with Crippen molar-refractivity contribution in [2.24, 2.45) is 5.73 Å². The fraction of sp³-hybridized carbons (Fsp3) is 0.800. The van der Waals surface area contributed by atoms with Gasteiger partial charge in [0, 0.05) is 0 Å². The summed E-state index contributed by atoms with van der Waals surface area (Å²) in [5.41, 5.74) is 4.86. The Balaban J connectivity index is 3.39. The van der Waals surface area contributed by atoms with Gasteiger partial charge in [-0.15, -0.1) is 0 Å². The molecule has 1 amide bonds. The molecule has 0 bridgehead atoms. The molecule has 0 unspecified atom stereocenters. The van der Waals surface area contributed by atoms with E-state index in [1.807, 2.05) is 19.6 Å². The number of carbonyl (C=O) groups is 1. The third kappa shape index (κ3) is 7.65. The van der Waals surface area contributed by atoms with Crippen molar-refractivity contribution in [1.82, 2.24) is 0 Å². The van der Waals surface area contributed by atoms with Gasteiger partial charge in [-0.25, -0.2) is 0 Å². The Bertz CT molecular complexity index is 108. The van der Waals surface area contributed by atoms with Crippen LogP contribution >= 0.6 is 0 Å². The average Bonchev–Trinajstić information content (AvgIpc) is 1.59. The van der Waals surface area contributed by atoms with Crippen LogP contribution in [0.3, 0.4) is 0 Å². The molecule has 0 aromatic heterocycles. The number of rotatable bonds is 3. The Hall–Kier alpha value is -0.353. The predicted molar refractivity (Wildman–Crippen MR) is 38.5 cm³/mol. The third-order valence-corrected chi connectivity index (χ3v) is 1.66. The standard InChI is InChI=1S/C5H13NO2Si/c1-9(2,3)8-4-5(6)7/h4H2,1-3H3,(H2,6,7). The van der Waals surface area contributed by atoms with Gasteiger partial charge in [0.1, 0.15) is 6.61 Å². The zero-order valence-corrected chi connectivity index (χ0v) is 7.10. The van der Waals surface area contributed by atoms with E-state index in [2.05, 4.69) is 0 Å². The van der Waals surface area contributed by atoms with Crippen molar-refractivity contribution in [2.45, 2.75) is 19.6 Å². The molecule has 9 heavy (non-hydrogen) atoms. The summed E-state index contributed by atoms with van der Waals surface area (Å²) in [7, 11) is -1.52. The van der Waals surface area contributed by atoms with Crippen LogP contribution in [-0.2, 0) is 9.22 Å². The van der Waals surface area contributed by atoms with E-state index < -0.39 is 14.2 Å². The monoisotopic (exact) mass is 147 g/mol. The normalized spacial score (nSPS) is 11.4. The van der Waals surface area contributed by atoms with Crippen molar-refractivity contribution < 1.29 is 9.22 Å². The number of primary amides is 1. The molecule has 0 aliphatic heterocycles. The first-order chi connectivity index (χ1) is 3.92. The molecule has 0 aliphatic carbocycles. The highest BCUT2D eigenvalue weighted by Gasteiger charge is 2.14. The summed E-state index contributed by atoms with van der Waals surface area (Å²) in [5.74, 6) is -0.391. The van der Waals surface area contributed by atoms with Gasteiger partial charge in [0.05, 0.1) is 0 Å². The first kappa shape index (κ1) is 8.65. The van der Waals surface area contributed by atoms with E-state index in [-0.39, 0.29) is 6.61 Å². The Kier molecular flexibility index (Phi) is 2.86. The minimum absolute atomic E-state index is 0.0652. The molecule has 0 aromatic carbocycles. The highest BCUT2D eigenvalue weighted by molar-refractivity contribution is 6.69. The second kappa shape index (κ2) is 2.98. The van der Waals surface area contributed by atoms with Gasteiger partial charge in [0.15, 0.2) is 8.32 Å². The lowest BCUT2D eigenvalue weighted by atomic mass is 10.7. The van der Waals surface area contributed by atoms with Gasteiger partial charge < -0.3 is 10.2 Å². The maximum Gasteiger partial charge on any atom is 0.242 e. The van der Waals surface area contributed by atoms with E-state index in [0.717, 1.165) is 0 Å². The summed E-state index contributed by atoms with van der Waals surface area (Å²) in [6, 6.07) is 0. The van der Waals surface area contributed by atoms with Crippen LogP contribution in [0.2, 0.25) is 19.6 Å². The van der Waals surface area contributed by atoms with Gasteiger partial charge >= 0.3 is 0 Å². The summed E-state index contributed by atoms with van der Waals surface area (Å²) in [4.78, 5) is 10.2. The molecule has 54 valence electrons. The largest absolute Gasteiger partial charge is 0.408 e. The molecule has 0 saturated carbocycles. The molecular formula is C5H13NO2Si. The molecular weight excluding hydrogens is 134 g/mol. The van der Waals surface area contributed by atoms with Crippen molar-refractivity contribution in [3.05, 3.63) is 0 Å². The minimum atomic E-state index is -1.52. The molecule has 2 N–H and O–H groups in total. The van der Waals surface area contributed by atoms with E-state index in [9.17, 15) is 4.79 Å². The predicted octanol–water partition coefficient (Wildman–Crippen LogP) is 0.323. The van der Waals surface area contributed by atoms with Crippen LogP contribution in [0.4, 0.5) is 0 Å². The highest BCUT2D eigenvalue weighted by atomic mass is 28.4. The maximum absolute atomic E-state index is 10.2. The van der Waals surface area contributed by atoms with Crippen LogP contribution in [0.1, 0.15) is 0 Å². The average molecular weight is 147 g/mol. The lowest BCUT2D eigenvalue weighted by Gasteiger charge is -2.14. The lowest BCUT2D eigenvalue weighted by Crippen LogP contribution is -2.31.